The van der Waals surface area contributed by atoms with Gasteiger partial charge < -0.3 is 5.73 Å². The molecule has 0 saturated heterocycles. The van der Waals surface area contributed by atoms with Crippen LogP contribution in [0.3, 0.4) is 0 Å². The van der Waals surface area contributed by atoms with E-state index in [0.717, 1.165) is 27.9 Å². The van der Waals surface area contributed by atoms with Gasteiger partial charge in [0.15, 0.2) is 5.13 Å². The summed E-state index contributed by atoms with van der Waals surface area (Å²) in [7, 11) is 0. The topological polar surface area (TPSA) is 51.8 Å². The van der Waals surface area contributed by atoms with E-state index < -0.39 is 0 Å². The van der Waals surface area contributed by atoms with E-state index >= 15 is 0 Å². The van der Waals surface area contributed by atoms with Gasteiger partial charge in [-0.3, -0.25) is 4.98 Å². The molecule has 4 heteroatoms. The summed E-state index contributed by atoms with van der Waals surface area (Å²) in [6, 6.07) is 8.40. The maximum atomic E-state index is 5.78. The van der Waals surface area contributed by atoms with Crippen LogP contribution in [0.4, 0.5) is 5.13 Å². The Morgan fingerprint density at radius 2 is 2.00 bits per heavy atom. The molecule has 0 aliphatic heterocycles. The number of hydrogen-bond donors (Lipinski definition) is 1. The van der Waals surface area contributed by atoms with Gasteiger partial charge in [-0.1, -0.05) is 32.0 Å². The summed E-state index contributed by atoms with van der Waals surface area (Å²) < 4.78 is 0. The Kier molecular flexibility index (Phi) is 3.18. The zero-order valence-electron chi connectivity index (χ0n) is 11.8. The number of nitrogen functional groups attached to an aromatic ring is 1. The van der Waals surface area contributed by atoms with E-state index in [1.165, 1.54) is 16.9 Å². The van der Waals surface area contributed by atoms with Crippen LogP contribution in [0.1, 0.15) is 31.0 Å². The molecule has 0 unspecified atom stereocenters. The van der Waals surface area contributed by atoms with Gasteiger partial charge in [0.2, 0.25) is 0 Å². The Bertz CT molecular complexity index is 774. The van der Waals surface area contributed by atoms with Crippen molar-refractivity contribution in [1.82, 2.24) is 9.97 Å². The summed E-state index contributed by atoms with van der Waals surface area (Å²) in [6.45, 7) is 6.41. The number of rotatable bonds is 2. The van der Waals surface area contributed by atoms with Crippen molar-refractivity contribution in [3.05, 3.63) is 40.9 Å². The molecule has 3 rings (SSSR count). The minimum absolute atomic E-state index is 0.383. The Labute approximate surface area is 122 Å². The molecule has 3 aromatic rings. The van der Waals surface area contributed by atoms with Crippen LogP contribution >= 0.6 is 11.3 Å². The van der Waals surface area contributed by atoms with Gasteiger partial charge in [0.25, 0.3) is 0 Å². The van der Waals surface area contributed by atoms with Crippen molar-refractivity contribution in [2.75, 3.05) is 5.73 Å². The van der Waals surface area contributed by atoms with Gasteiger partial charge in [0.05, 0.1) is 11.2 Å². The molecule has 3 nitrogen and oxygen atoms in total. The fourth-order valence-electron chi connectivity index (χ4n) is 2.33. The van der Waals surface area contributed by atoms with E-state index in [0.29, 0.717) is 11.0 Å². The lowest BCUT2D eigenvalue weighted by Crippen LogP contribution is -1.97. The van der Waals surface area contributed by atoms with E-state index in [2.05, 4.69) is 50.0 Å². The lowest BCUT2D eigenvalue weighted by molar-refractivity contribution is 0.830. The summed E-state index contributed by atoms with van der Waals surface area (Å²) >= 11 is 1.47. The minimum atomic E-state index is 0.383. The highest BCUT2D eigenvalue weighted by Gasteiger charge is 2.13. The van der Waals surface area contributed by atoms with Crippen LogP contribution in [0, 0.1) is 6.92 Å². The highest BCUT2D eigenvalue weighted by Crippen LogP contribution is 2.33. The van der Waals surface area contributed by atoms with Crippen molar-refractivity contribution in [2.45, 2.75) is 26.7 Å². The zero-order valence-corrected chi connectivity index (χ0v) is 12.7. The van der Waals surface area contributed by atoms with Crippen molar-refractivity contribution in [3.63, 3.8) is 0 Å². The van der Waals surface area contributed by atoms with Crippen LogP contribution in [0.25, 0.3) is 22.2 Å². The molecule has 0 atom stereocenters. The monoisotopic (exact) mass is 283 g/mol. The number of pyridine rings is 1. The number of nitrogens with two attached hydrogens (primary N) is 1. The molecule has 0 aliphatic rings. The molecule has 0 amide bonds. The molecular weight excluding hydrogens is 266 g/mol. The van der Waals surface area contributed by atoms with E-state index in [9.17, 15) is 0 Å². The normalized spacial score (nSPS) is 11.4. The molecule has 0 aliphatic carbocycles. The molecular formula is C16H17N3S. The number of nitrogens with zero attached hydrogens (tertiary/aromatic N) is 2. The predicted octanol–water partition coefficient (Wildman–Crippen LogP) is 4.37. The molecule has 0 radical (unpaired) electrons. The fraction of sp³-hybridized carbons (Fsp3) is 0.250. The summed E-state index contributed by atoms with van der Waals surface area (Å²) in [6.07, 6.45) is 0. The third-order valence-corrected chi connectivity index (χ3v) is 4.12. The van der Waals surface area contributed by atoms with Crippen LogP contribution in [0.5, 0.6) is 0 Å². The van der Waals surface area contributed by atoms with Gasteiger partial charge in [0, 0.05) is 22.0 Å². The molecule has 0 fully saturated rings. The Morgan fingerprint density at radius 1 is 1.20 bits per heavy atom. The van der Waals surface area contributed by atoms with Gasteiger partial charge in [-0.15, -0.1) is 11.3 Å². The highest BCUT2D eigenvalue weighted by atomic mass is 32.1. The van der Waals surface area contributed by atoms with Gasteiger partial charge in [-0.05, 0) is 24.5 Å². The summed E-state index contributed by atoms with van der Waals surface area (Å²) in [5.41, 5.74) is 11.2. The largest absolute Gasteiger partial charge is 0.375 e. The number of aryl methyl sites for hydroxylation is 1. The van der Waals surface area contributed by atoms with Gasteiger partial charge >= 0.3 is 0 Å². The molecule has 2 aromatic heterocycles. The van der Waals surface area contributed by atoms with Crippen molar-refractivity contribution in [2.24, 2.45) is 0 Å². The lowest BCUT2D eigenvalue weighted by Gasteiger charge is -2.12. The van der Waals surface area contributed by atoms with Gasteiger partial charge in [0.1, 0.15) is 0 Å². The molecule has 0 spiro atoms. The molecule has 2 N–H and O–H groups in total. The highest BCUT2D eigenvalue weighted by molar-refractivity contribution is 7.13. The maximum Gasteiger partial charge on any atom is 0.180 e. The number of fused-ring (bicyclic) bond motifs is 1. The van der Waals surface area contributed by atoms with E-state index in [1.807, 2.05) is 5.38 Å². The minimum Gasteiger partial charge on any atom is -0.375 e. The second-order valence-electron chi connectivity index (χ2n) is 5.29. The van der Waals surface area contributed by atoms with Crippen molar-refractivity contribution < 1.29 is 0 Å². The van der Waals surface area contributed by atoms with Crippen LogP contribution < -0.4 is 5.73 Å². The molecule has 1 aromatic carbocycles. The fourth-order valence-corrected chi connectivity index (χ4v) is 2.89. The molecule has 0 saturated carbocycles. The number of hydrogen-bond acceptors (Lipinski definition) is 4. The summed E-state index contributed by atoms with van der Waals surface area (Å²) in [5.74, 6) is 0.383. The second kappa shape index (κ2) is 4.87. The quantitative estimate of drug-likeness (QED) is 0.759. The predicted molar refractivity (Wildman–Crippen MR) is 86.1 cm³/mol. The SMILES string of the molecule is Cc1cccc2c(-c3csc(N)n3)cc(C(C)C)nc12. The molecule has 102 valence electrons. The standard InChI is InChI=1S/C16H17N3S/c1-9(2)13-7-12(14-8-20-16(17)19-14)11-6-4-5-10(3)15(11)18-13/h4-9H,1-3H3,(H2,17,19). The van der Waals surface area contributed by atoms with Crippen molar-refractivity contribution in [1.29, 1.82) is 0 Å². The third kappa shape index (κ3) is 2.16. The molecule has 20 heavy (non-hydrogen) atoms. The van der Waals surface area contributed by atoms with Gasteiger partial charge in [-0.2, -0.15) is 0 Å². The number of benzene rings is 1. The first-order valence-corrected chi connectivity index (χ1v) is 7.56. The number of thiazole rings is 1. The number of para-hydroxylation sites is 1. The van der Waals surface area contributed by atoms with Crippen LogP contribution in [0.2, 0.25) is 0 Å². The second-order valence-corrected chi connectivity index (χ2v) is 6.18. The Hall–Kier alpha value is -1.94. The van der Waals surface area contributed by atoms with Crippen molar-refractivity contribution in [3.8, 4) is 11.3 Å². The van der Waals surface area contributed by atoms with Crippen molar-refractivity contribution >= 4 is 27.4 Å². The average Bonchev–Trinajstić information content (AvgIpc) is 2.84. The zero-order chi connectivity index (χ0) is 14.3. The van der Waals surface area contributed by atoms with E-state index in [1.54, 1.807) is 0 Å². The van der Waals surface area contributed by atoms with Gasteiger partial charge in [-0.25, -0.2) is 4.98 Å². The summed E-state index contributed by atoms with van der Waals surface area (Å²) in [5, 5.41) is 3.75. The Morgan fingerprint density at radius 3 is 2.65 bits per heavy atom. The van der Waals surface area contributed by atoms with Crippen LogP contribution in [-0.2, 0) is 0 Å². The first kappa shape index (κ1) is 13.1. The first-order chi connectivity index (χ1) is 9.56. The number of aromatic nitrogens is 2. The molecule has 0 bridgehead atoms. The lowest BCUT2D eigenvalue weighted by atomic mass is 9.99. The first-order valence-electron chi connectivity index (χ1n) is 6.68. The Balaban J connectivity index is 2.36. The third-order valence-electron chi connectivity index (χ3n) is 3.45. The smallest absolute Gasteiger partial charge is 0.180 e. The molecule has 2 heterocycles. The summed E-state index contributed by atoms with van der Waals surface area (Å²) in [4.78, 5) is 9.24. The van der Waals surface area contributed by atoms with Crippen LogP contribution in [0.15, 0.2) is 29.6 Å². The maximum absolute atomic E-state index is 5.78. The van der Waals surface area contributed by atoms with E-state index in [-0.39, 0.29) is 0 Å². The van der Waals surface area contributed by atoms with E-state index in [4.69, 9.17) is 10.7 Å². The van der Waals surface area contributed by atoms with Crippen LogP contribution in [-0.4, -0.2) is 9.97 Å². The number of anilines is 1. The average molecular weight is 283 g/mol.